The summed E-state index contributed by atoms with van der Waals surface area (Å²) in [6, 6.07) is 19.2. The zero-order chi connectivity index (χ0) is 42.4. The standard InChI is InChI=1S/C37H39F6N11O6/c38-36(39,40)33(56)59-26-27(30-49-51-54(50-30)18-19-55)58-32(28(26)60-34(57)37(41,42)43)53-21-46-25-29(47-35(48-31(25)53)44-14-17-52-15-8-3-9-16-52)45-20-24(22-10-4-1-5-11-22)23-12-6-2-7-13-23/h1-2,4-7,10-13,21,24,26-28,32,55H,3,8-9,14-20H2,(H2,44,45,47,48)/t26-,27+,28-,32-/m1/s1. The summed E-state index contributed by atoms with van der Waals surface area (Å²) >= 11 is 0. The van der Waals surface area contributed by atoms with Gasteiger partial charge in [0.2, 0.25) is 11.8 Å². The molecule has 2 fully saturated rings. The molecule has 3 N–H and O–H groups in total. The third-order valence-electron chi connectivity index (χ3n) is 9.89. The van der Waals surface area contributed by atoms with E-state index in [2.05, 4.69) is 40.9 Å². The number of aromatic nitrogens is 8. The summed E-state index contributed by atoms with van der Waals surface area (Å²) in [7, 11) is 0. The van der Waals surface area contributed by atoms with Crippen LogP contribution in [0.4, 0.5) is 38.1 Å². The number of anilines is 2. The van der Waals surface area contributed by atoms with Crippen LogP contribution in [0.5, 0.6) is 0 Å². The molecule has 23 heteroatoms. The van der Waals surface area contributed by atoms with Crippen LogP contribution in [-0.4, -0.2) is 126 Å². The molecule has 7 rings (SSSR count). The number of hydrogen-bond donors (Lipinski definition) is 3. The predicted molar refractivity (Wildman–Crippen MR) is 197 cm³/mol. The normalized spacial score (nSPS) is 20.1. The molecule has 60 heavy (non-hydrogen) atoms. The number of rotatable bonds is 15. The summed E-state index contributed by atoms with van der Waals surface area (Å²) in [5, 5.41) is 27.2. The molecule has 5 heterocycles. The molecule has 0 saturated carbocycles. The number of tetrazole rings is 1. The second-order valence-electron chi connectivity index (χ2n) is 14.0. The molecule has 0 amide bonds. The highest BCUT2D eigenvalue weighted by molar-refractivity contribution is 5.84. The van der Waals surface area contributed by atoms with Crippen LogP contribution in [0.1, 0.15) is 54.5 Å². The van der Waals surface area contributed by atoms with Crippen molar-refractivity contribution in [1.82, 2.24) is 44.6 Å². The average molecular weight is 848 g/mol. The Balaban J connectivity index is 1.30. The number of nitrogens with zero attached hydrogens (tertiary/aromatic N) is 9. The Morgan fingerprint density at radius 1 is 0.850 bits per heavy atom. The third-order valence-corrected chi connectivity index (χ3v) is 9.89. The van der Waals surface area contributed by atoms with Gasteiger partial charge in [-0.2, -0.15) is 41.1 Å². The maximum atomic E-state index is 13.7. The van der Waals surface area contributed by atoms with Gasteiger partial charge in [0.05, 0.1) is 19.5 Å². The van der Waals surface area contributed by atoms with Gasteiger partial charge in [0, 0.05) is 25.6 Å². The lowest BCUT2D eigenvalue weighted by molar-refractivity contribution is -0.221. The SMILES string of the molecule is O=C(O[C@@H]1[C@H](OC(=O)C(F)(F)F)[C@@H](c2nnn(CCO)n2)O[C@H]1n1cnc2c(NCC(c3ccccc3)c3ccccc3)nc(NCCN3CCCCC3)nc21)C(F)(F)F. The van der Waals surface area contributed by atoms with Gasteiger partial charge in [-0.15, -0.1) is 10.2 Å². The Morgan fingerprint density at radius 2 is 1.48 bits per heavy atom. The third kappa shape index (κ3) is 9.74. The highest BCUT2D eigenvalue weighted by atomic mass is 19.4. The van der Waals surface area contributed by atoms with Gasteiger partial charge >= 0.3 is 24.3 Å². The number of benzene rings is 2. The molecule has 2 aliphatic heterocycles. The van der Waals surface area contributed by atoms with E-state index in [1.54, 1.807) is 0 Å². The van der Waals surface area contributed by atoms with Crippen molar-refractivity contribution in [2.45, 2.75) is 68.6 Å². The Hall–Kier alpha value is -5.94. The van der Waals surface area contributed by atoms with Crippen LogP contribution in [0.2, 0.25) is 0 Å². The molecule has 3 aromatic heterocycles. The van der Waals surface area contributed by atoms with Gasteiger partial charge in [0.15, 0.2) is 41.5 Å². The number of fused-ring (bicyclic) bond motifs is 1. The Morgan fingerprint density at radius 3 is 2.10 bits per heavy atom. The summed E-state index contributed by atoms with van der Waals surface area (Å²) in [4.78, 5) is 41.4. The number of hydrogen-bond acceptors (Lipinski definition) is 15. The highest BCUT2D eigenvalue weighted by Gasteiger charge is 2.57. The number of esters is 2. The second-order valence-corrected chi connectivity index (χ2v) is 14.0. The average Bonchev–Trinajstić information content (AvgIpc) is 3.96. The lowest BCUT2D eigenvalue weighted by Gasteiger charge is -2.26. The van der Waals surface area contributed by atoms with E-state index in [-0.39, 0.29) is 41.9 Å². The van der Waals surface area contributed by atoms with Crippen molar-refractivity contribution in [3.8, 4) is 0 Å². The van der Waals surface area contributed by atoms with E-state index in [1.165, 1.54) is 0 Å². The highest BCUT2D eigenvalue weighted by Crippen LogP contribution is 2.44. The topological polar surface area (TPSA) is 197 Å². The number of ether oxygens (including phenoxy) is 3. The zero-order valence-electron chi connectivity index (χ0n) is 31.6. The van der Waals surface area contributed by atoms with E-state index in [0.29, 0.717) is 13.1 Å². The fourth-order valence-electron chi connectivity index (χ4n) is 7.07. The molecule has 0 unspecified atom stereocenters. The minimum Gasteiger partial charge on any atom is -0.448 e. The van der Waals surface area contributed by atoms with Crippen LogP contribution >= 0.6 is 0 Å². The number of likely N-dealkylation sites (tertiary alicyclic amines) is 1. The molecule has 320 valence electrons. The number of carbonyl (C=O) groups is 2. The molecule has 5 aromatic rings. The minimum absolute atomic E-state index is 0.0479. The van der Waals surface area contributed by atoms with Gasteiger partial charge < -0.3 is 34.9 Å². The molecule has 2 saturated heterocycles. The smallest absolute Gasteiger partial charge is 0.448 e. The van der Waals surface area contributed by atoms with Gasteiger partial charge in [0.25, 0.3) is 0 Å². The molecule has 0 aliphatic carbocycles. The van der Waals surface area contributed by atoms with Crippen molar-refractivity contribution in [1.29, 1.82) is 0 Å². The van der Waals surface area contributed by atoms with Gasteiger partial charge in [-0.1, -0.05) is 67.1 Å². The van der Waals surface area contributed by atoms with E-state index >= 15 is 0 Å². The summed E-state index contributed by atoms with van der Waals surface area (Å²) < 4.78 is 98.6. The molecule has 2 aliphatic rings. The number of alkyl halides is 6. The van der Waals surface area contributed by atoms with Crippen LogP contribution in [0, 0.1) is 0 Å². The first kappa shape index (κ1) is 42.2. The number of piperidine rings is 1. The minimum atomic E-state index is -5.64. The van der Waals surface area contributed by atoms with Gasteiger partial charge in [-0.3, -0.25) is 4.57 Å². The quantitative estimate of drug-likeness (QED) is 0.100. The number of carbonyl (C=O) groups excluding carboxylic acids is 2. The van der Waals surface area contributed by atoms with E-state index in [4.69, 9.17) is 19.2 Å². The lowest BCUT2D eigenvalue weighted by atomic mass is 9.91. The van der Waals surface area contributed by atoms with Crippen molar-refractivity contribution < 1.29 is 55.2 Å². The zero-order valence-corrected chi connectivity index (χ0v) is 31.6. The van der Waals surface area contributed by atoms with Crippen molar-refractivity contribution in [2.75, 3.05) is 50.0 Å². The summed E-state index contributed by atoms with van der Waals surface area (Å²) in [5.41, 5.74) is 1.88. The van der Waals surface area contributed by atoms with Crippen molar-refractivity contribution in [3.63, 3.8) is 0 Å². The molecule has 4 atom stereocenters. The van der Waals surface area contributed by atoms with E-state index in [9.17, 15) is 41.0 Å². The summed E-state index contributed by atoms with van der Waals surface area (Å²) in [6.07, 6.45) is -15.8. The van der Waals surface area contributed by atoms with Crippen LogP contribution in [0.15, 0.2) is 67.0 Å². The van der Waals surface area contributed by atoms with Crippen LogP contribution in [0.25, 0.3) is 11.2 Å². The molecule has 0 spiro atoms. The summed E-state index contributed by atoms with van der Waals surface area (Å²) in [6.45, 7) is 2.35. The number of aliphatic hydroxyl groups excluding tert-OH is 1. The van der Waals surface area contributed by atoms with Crippen LogP contribution in [0.3, 0.4) is 0 Å². The summed E-state index contributed by atoms with van der Waals surface area (Å²) in [5.74, 6) is -6.20. The van der Waals surface area contributed by atoms with Gasteiger partial charge in [0.1, 0.15) is 0 Å². The lowest BCUT2D eigenvalue weighted by Crippen LogP contribution is -2.42. The Kier molecular flexibility index (Phi) is 12.7. The van der Waals surface area contributed by atoms with Crippen LogP contribution < -0.4 is 10.6 Å². The Bertz CT molecular complexity index is 2180. The van der Waals surface area contributed by atoms with Crippen molar-refractivity contribution in [3.05, 3.63) is 83.9 Å². The monoisotopic (exact) mass is 847 g/mol. The van der Waals surface area contributed by atoms with Crippen LogP contribution in [-0.2, 0) is 30.3 Å². The van der Waals surface area contributed by atoms with E-state index in [1.807, 2.05) is 60.7 Å². The first-order valence-electron chi connectivity index (χ1n) is 18.9. The molecule has 2 aromatic carbocycles. The Labute approximate surface area is 337 Å². The number of halogens is 6. The molecular weight excluding hydrogens is 808 g/mol. The predicted octanol–water partition coefficient (Wildman–Crippen LogP) is 4.17. The maximum absolute atomic E-state index is 13.7. The molecule has 0 radical (unpaired) electrons. The molecular formula is C37H39F6N11O6. The fourth-order valence-corrected chi connectivity index (χ4v) is 7.07. The van der Waals surface area contributed by atoms with Gasteiger partial charge in [-0.25, -0.2) is 14.6 Å². The first-order valence-corrected chi connectivity index (χ1v) is 18.9. The molecule has 0 bridgehead atoms. The van der Waals surface area contributed by atoms with Gasteiger partial charge in [-0.05, 0) is 42.3 Å². The largest absolute Gasteiger partial charge is 0.490 e. The number of imidazole rings is 1. The van der Waals surface area contributed by atoms with Crippen molar-refractivity contribution >= 4 is 34.9 Å². The van der Waals surface area contributed by atoms with E-state index < -0.39 is 61.3 Å². The molecule has 17 nitrogen and oxygen atoms in total. The second kappa shape index (κ2) is 18.1. The number of nitrogens with one attached hydrogen (secondary N) is 2. The number of aliphatic hydroxyl groups is 1. The fraction of sp³-hybridized carbons (Fsp3) is 0.459. The van der Waals surface area contributed by atoms with E-state index in [0.717, 1.165) is 59.2 Å². The maximum Gasteiger partial charge on any atom is 0.490 e. The van der Waals surface area contributed by atoms with Crippen molar-refractivity contribution in [2.24, 2.45) is 0 Å². The first-order chi connectivity index (χ1) is 28.8.